The molecule has 2 N–H and O–H groups in total. The molecule has 0 saturated heterocycles. The number of H-pyrrole nitrogens is 1. The molecule has 0 amide bonds. The number of hydrogen-bond donors (Lipinski definition) is 2. The van der Waals surface area contributed by atoms with Gasteiger partial charge in [-0.05, 0) is 12.1 Å². The van der Waals surface area contributed by atoms with Crippen molar-refractivity contribution >= 4 is 21.6 Å². The molecule has 0 aliphatic heterocycles. The number of aromatic amines is 1. The van der Waals surface area contributed by atoms with Gasteiger partial charge in [0.2, 0.25) is 0 Å². The Morgan fingerprint density at radius 1 is 1.35 bits per heavy atom. The van der Waals surface area contributed by atoms with Gasteiger partial charge in [-0.2, -0.15) is 15.4 Å². The Hall–Kier alpha value is -1.79. The van der Waals surface area contributed by atoms with Crippen molar-refractivity contribution in [3.8, 4) is 0 Å². The highest BCUT2D eigenvalue weighted by atomic mass is 32.1. The Bertz CT molecular complexity index is 586. The molecule has 2 heterocycles. The number of benzene rings is 1. The second kappa shape index (κ2) is 4.23. The maximum absolute atomic E-state index is 9.93. The fraction of sp³-hybridized carbons (Fsp3) is 0.182. The SMILES string of the molecule is OC(Cc1nc2ccccc2s1)c1cn[nH]n1. The van der Waals surface area contributed by atoms with Gasteiger partial charge in [0.05, 0.1) is 21.4 Å². The zero-order valence-corrected chi connectivity index (χ0v) is 9.68. The Kier molecular flexibility index (Phi) is 2.58. The van der Waals surface area contributed by atoms with Crippen molar-refractivity contribution in [2.45, 2.75) is 12.5 Å². The van der Waals surface area contributed by atoms with Crippen LogP contribution >= 0.6 is 11.3 Å². The lowest BCUT2D eigenvalue weighted by Gasteiger charge is -2.02. The van der Waals surface area contributed by atoms with Gasteiger partial charge in [-0.1, -0.05) is 12.1 Å². The van der Waals surface area contributed by atoms with Crippen LogP contribution in [-0.4, -0.2) is 25.5 Å². The molecule has 1 unspecified atom stereocenters. The van der Waals surface area contributed by atoms with Crippen molar-refractivity contribution in [1.82, 2.24) is 20.4 Å². The minimum Gasteiger partial charge on any atom is -0.386 e. The monoisotopic (exact) mass is 246 g/mol. The topological polar surface area (TPSA) is 74.7 Å². The number of aliphatic hydroxyl groups excluding tert-OH is 1. The van der Waals surface area contributed by atoms with Crippen LogP contribution in [-0.2, 0) is 6.42 Å². The van der Waals surface area contributed by atoms with Crippen LogP contribution < -0.4 is 0 Å². The highest BCUT2D eigenvalue weighted by Gasteiger charge is 2.14. The molecule has 1 aromatic carbocycles. The number of rotatable bonds is 3. The summed E-state index contributed by atoms with van der Waals surface area (Å²) >= 11 is 1.59. The summed E-state index contributed by atoms with van der Waals surface area (Å²) in [6.45, 7) is 0. The smallest absolute Gasteiger partial charge is 0.111 e. The Labute approximate surface area is 101 Å². The van der Waals surface area contributed by atoms with Crippen LogP contribution in [0.3, 0.4) is 0 Å². The Morgan fingerprint density at radius 3 is 3.00 bits per heavy atom. The minimum atomic E-state index is -0.658. The van der Waals surface area contributed by atoms with Gasteiger partial charge in [0.15, 0.2) is 0 Å². The molecule has 17 heavy (non-hydrogen) atoms. The van der Waals surface area contributed by atoms with Crippen LogP contribution in [0.15, 0.2) is 30.5 Å². The first-order chi connectivity index (χ1) is 8.33. The van der Waals surface area contributed by atoms with Crippen LogP contribution in [0.5, 0.6) is 0 Å². The van der Waals surface area contributed by atoms with Crippen LogP contribution in [0.2, 0.25) is 0 Å². The molecule has 0 bridgehead atoms. The van der Waals surface area contributed by atoms with Gasteiger partial charge in [-0.3, -0.25) is 0 Å². The fourth-order valence-corrected chi connectivity index (χ4v) is 2.65. The normalized spacial score (nSPS) is 13.0. The first-order valence-corrected chi connectivity index (χ1v) is 6.03. The highest BCUT2D eigenvalue weighted by Crippen LogP contribution is 2.25. The fourth-order valence-electron chi connectivity index (χ4n) is 1.65. The van der Waals surface area contributed by atoms with E-state index >= 15 is 0 Å². The van der Waals surface area contributed by atoms with Crippen LogP contribution in [0.4, 0.5) is 0 Å². The quantitative estimate of drug-likeness (QED) is 0.737. The van der Waals surface area contributed by atoms with E-state index in [2.05, 4.69) is 20.4 Å². The van der Waals surface area contributed by atoms with E-state index in [0.29, 0.717) is 12.1 Å². The van der Waals surface area contributed by atoms with E-state index in [9.17, 15) is 5.11 Å². The zero-order valence-electron chi connectivity index (χ0n) is 8.87. The summed E-state index contributed by atoms with van der Waals surface area (Å²) in [7, 11) is 0. The van der Waals surface area contributed by atoms with Crippen molar-refractivity contribution in [3.05, 3.63) is 41.2 Å². The molecule has 1 atom stereocenters. The summed E-state index contributed by atoms with van der Waals surface area (Å²) in [5.74, 6) is 0. The third kappa shape index (κ3) is 2.04. The number of hydrogen-bond acceptors (Lipinski definition) is 5. The highest BCUT2D eigenvalue weighted by molar-refractivity contribution is 7.18. The van der Waals surface area contributed by atoms with Gasteiger partial charge in [-0.25, -0.2) is 4.98 Å². The van der Waals surface area contributed by atoms with E-state index in [1.165, 1.54) is 6.20 Å². The number of nitrogens with zero attached hydrogens (tertiary/aromatic N) is 3. The van der Waals surface area contributed by atoms with Gasteiger partial charge in [0, 0.05) is 6.42 Å². The first kappa shape index (κ1) is 10.4. The predicted octanol–water partition coefficient (Wildman–Crippen LogP) is 1.69. The summed E-state index contributed by atoms with van der Waals surface area (Å²) in [4.78, 5) is 4.46. The lowest BCUT2D eigenvalue weighted by Crippen LogP contribution is -2.01. The van der Waals surface area contributed by atoms with Crippen LogP contribution in [0.1, 0.15) is 16.8 Å². The molecule has 0 radical (unpaired) electrons. The lowest BCUT2D eigenvalue weighted by atomic mass is 10.2. The molecule has 0 fully saturated rings. The molecule has 3 rings (SSSR count). The number of thiazole rings is 1. The average Bonchev–Trinajstić information content (AvgIpc) is 2.97. The second-order valence-electron chi connectivity index (χ2n) is 3.69. The number of aliphatic hydroxyl groups is 1. The van der Waals surface area contributed by atoms with E-state index in [-0.39, 0.29) is 0 Å². The molecule has 3 aromatic rings. The molecular formula is C11H10N4OS. The van der Waals surface area contributed by atoms with Crippen LogP contribution in [0.25, 0.3) is 10.2 Å². The maximum Gasteiger partial charge on any atom is 0.111 e. The summed E-state index contributed by atoms with van der Waals surface area (Å²) < 4.78 is 1.13. The summed E-state index contributed by atoms with van der Waals surface area (Å²) in [6, 6.07) is 7.94. The van der Waals surface area contributed by atoms with E-state index in [0.717, 1.165) is 15.2 Å². The number of fused-ring (bicyclic) bond motifs is 1. The second-order valence-corrected chi connectivity index (χ2v) is 4.81. The average molecular weight is 246 g/mol. The summed E-state index contributed by atoms with van der Waals surface area (Å²) in [5.41, 5.74) is 1.52. The van der Waals surface area contributed by atoms with Gasteiger partial charge in [-0.15, -0.1) is 11.3 Å². The molecule has 0 spiro atoms. The molecule has 2 aromatic heterocycles. The van der Waals surface area contributed by atoms with Crippen molar-refractivity contribution in [2.24, 2.45) is 0 Å². The Morgan fingerprint density at radius 2 is 2.24 bits per heavy atom. The van der Waals surface area contributed by atoms with Gasteiger partial charge < -0.3 is 5.11 Å². The molecule has 5 nitrogen and oxygen atoms in total. The van der Waals surface area contributed by atoms with E-state index in [1.807, 2.05) is 24.3 Å². The Balaban J connectivity index is 1.85. The summed E-state index contributed by atoms with van der Waals surface area (Å²) in [5, 5.41) is 20.9. The van der Waals surface area contributed by atoms with E-state index < -0.39 is 6.10 Å². The molecule has 0 aliphatic carbocycles. The largest absolute Gasteiger partial charge is 0.386 e. The zero-order chi connectivity index (χ0) is 11.7. The number of nitrogens with one attached hydrogen (secondary N) is 1. The first-order valence-electron chi connectivity index (χ1n) is 5.21. The molecular weight excluding hydrogens is 236 g/mol. The molecule has 0 saturated carbocycles. The van der Waals surface area contributed by atoms with E-state index in [4.69, 9.17) is 0 Å². The third-order valence-corrected chi connectivity index (χ3v) is 3.54. The molecule has 6 heteroatoms. The standard InChI is InChI=1S/C11H10N4OS/c16-9(8-6-12-15-14-8)5-11-13-7-3-1-2-4-10(7)17-11/h1-4,6,9,16H,5H2,(H,12,14,15). The molecule has 86 valence electrons. The predicted molar refractivity (Wildman–Crippen MR) is 64.7 cm³/mol. The summed E-state index contributed by atoms with van der Waals surface area (Å²) in [6.07, 6.45) is 1.33. The third-order valence-electron chi connectivity index (χ3n) is 2.48. The number of aromatic nitrogens is 4. The van der Waals surface area contributed by atoms with Crippen molar-refractivity contribution in [3.63, 3.8) is 0 Å². The van der Waals surface area contributed by atoms with Gasteiger partial charge in [0.25, 0.3) is 0 Å². The molecule has 0 aliphatic rings. The van der Waals surface area contributed by atoms with Crippen molar-refractivity contribution in [2.75, 3.05) is 0 Å². The lowest BCUT2D eigenvalue weighted by molar-refractivity contribution is 0.173. The minimum absolute atomic E-state index is 0.464. The number of para-hydroxylation sites is 1. The van der Waals surface area contributed by atoms with E-state index in [1.54, 1.807) is 11.3 Å². The van der Waals surface area contributed by atoms with Gasteiger partial charge in [0.1, 0.15) is 11.8 Å². The van der Waals surface area contributed by atoms with Crippen molar-refractivity contribution < 1.29 is 5.11 Å². The van der Waals surface area contributed by atoms with Crippen LogP contribution in [0, 0.1) is 0 Å². The van der Waals surface area contributed by atoms with Crippen molar-refractivity contribution in [1.29, 1.82) is 0 Å². The maximum atomic E-state index is 9.93. The van der Waals surface area contributed by atoms with Gasteiger partial charge >= 0.3 is 0 Å².